The van der Waals surface area contributed by atoms with Gasteiger partial charge in [-0.1, -0.05) is 6.07 Å². The summed E-state index contributed by atoms with van der Waals surface area (Å²) in [5, 5.41) is 1.16. The lowest BCUT2D eigenvalue weighted by Gasteiger charge is -2.37. The summed E-state index contributed by atoms with van der Waals surface area (Å²) in [5.74, 6) is 1.64. The van der Waals surface area contributed by atoms with Crippen molar-refractivity contribution in [2.45, 2.75) is 43.7 Å². The molecule has 0 saturated carbocycles. The van der Waals surface area contributed by atoms with E-state index in [4.69, 9.17) is 4.74 Å². The molecular weight excluding hydrogens is 260 g/mol. The number of hydrogen-bond donors (Lipinski definition) is 0. The zero-order valence-electron chi connectivity index (χ0n) is 12.7. The van der Waals surface area contributed by atoms with Gasteiger partial charge in [0.15, 0.2) is 0 Å². The summed E-state index contributed by atoms with van der Waals surface area (Å²) in [6, 6.07) is 9.99. The van der Waals surface area contributed by atoms with Crippen LogP contribution in [-0.2, 0) is 0 Å². The molecule has 0 aliphatic carbocycles. The van der Waals surface area contributed by atoms with Crippen LogP contribution in [0.5, 0.6) is 5.75 Å². The molecular formula is C18H22N2O. The van der Waals surface area contributed by atoms with E-state index in [1.54, 1.807) is 7.11 Å². The molecule has 2 aliphatic heterocycles. The summed E-state index contributed by atoms with van der Waals surface area (Å²) >= 11 is 0. The minimum atomic E-state index is 0.611. The zero-order valence-corrected chi connectivity index (χ0v) is 12.7. The van der Waals surface area contributed by atoms with Crippen molar-refractivity contribution in [1.29, 1.82) is 0 Å². The van der Waals surface area contributed by atoms with Gasteiger partial charge >= 0.3 is 0 Å². The molecule has 2 fully saturated rings. The number of piperidine rings is 1. The van der Waals surface area contributed by atoms with Crippen LogP contribution in [0.1, 0.15) is 37.2 Å². The summed E-state index contributed by atoms with van der Waals surface area (Å²) in [6.45, 7) is 0. The number of benzene rings is 1. The number of fused-ring (bicyclic) bond motifs is 3. The number of rotatable bonds is 2. The van der Waals surface area contributed by atoms with E-state index in [0.29, 0.717) is 5.92 Å². The maximum atomic E-state index is 5.68. The second kappa shape index (κ2) is 4.99. The SMILES string of the molecule is COc1cc2cccnc2cc1C1CC2CCC(C1)N2C. The predicted molar refractivity (Wildman–Crippen MR) is 84.8 cm³/mol. The first-order chi connectivity index (χ1) is 10.3. The van der Waals surface area contributed by atoms with Crippen molar-refractivity contribution in [3.8, 4) is 5.75 Å². The Labute approximate surface area is 125 Å². The maximum absolute atomic E-state index is 5.68. The van der Waals surface area contributed by atoms with Crippen LogP contribution < -0.4 is 4.74 Å². The second-order valence-electron chi connectivity index (χ2n) is 6.51. The van der Waals surface area contributed by atoms with Gasteiger partial charge in [-0.3, -0.25) is 4.98 Å². The molecule has 110 valence electrons. The highest BCUT2D eigenvalue weighted by Gasteiger charge is 2.39. The predicted octanol–water partition coefficient (Wildman–Crippen LogP) is 3.58. The fourth-order valence-electron chi connectivity index (χ4n) is 4.28. The molecule has 1 aromatic carbocycles. The fraction of sp³-hybridized carbons (Fsp3) is 0.500. The van der Waals surface area contributed by atoms with Gasteiger partial charge in [-0.05, 0) is 62.4 Å². The maximum Gasteiger partial charge on any atom is 0.123 e. The molecule has 3 heterocycles. The van der Waals surface area contributed by atoms with Crippen LogP contribution >= 0.6 is 0 Å². The Morgan fingerprint density at radius 2 is 1.95 bits per heavy atom. The summed E-state index contributed by atoms with van der Waals surface area (Å²) in [6.07, 6.45) is 7.08. The molecule has 0 radical (unpaired) electrons. The van der Waals surface area contributed by atoms with Crippen LogP contribution in [-0.4, -0.2) is 36.1 Å². The number of pyridine rings is 1. The Balaban J connectivity index is 1.75. The van der Waals surface area contributed by atoms with Crippen LogP contribution in [0.3, 0.4) is 0 Å². The molecule has 1 aromatic heterocycles. The van der Waals surface area contributed by atoms with Gasteiger partial charge in [0, 0.05) is 23.7 Å². The van der Waals surface area contributed by atoms with Crippen LogP contribution in [0.4, 0.5) is 0 Å². The lowest BCUT2D eigenvalue weighted by Crippen LogP contribution is -2.39. The van der Waals surface area contributed by atoms with Gasteiger partial charge < -0.3 is 9.64 Å². The van der Waals surface area contributed by atoms with Crippen LogP contribution in [0.25, 0.3) is 10.9 Å². The van der Waals surface area contributed by atoms with E-state index < -0.39 is 0 Å². The average Bonchev–Trinajstić information content (AvgIpc) is 2.75. The minimum absolute atomic E-state index is 0.611. The van der Waals surface area contributed by atoms with Crippen molar-refractivity contribution >= 4 is 10.9 Å². The van der Waals surface area contributed by atoms with E-state index in [1.165, 1.54) is 31.2 Å². The van der Waals surface area contributed by atoms with Gasteiger partial charge in [-0.25, -0.2) is 0 Å². The van der Waals surface area contributed by atoms with E-state index in [-0.39, 0.29) is 0 Å². The quantitative estimate of drug-likeness (QED) is 0.842. The fourth-order valence-corrected chi connectivity index (χ4v) is 4.28. The molecule has 0 spiro atoms. The third-order valence-corrected chi connectivity index (χ3v) is 5.49. The molecule has 4 rings (SSSR count). The van der Waals surface area contributed by atoms with Gasteiger partial charge in [0.25, 0.3) is 0 Å². The van der Waals surface area contributed by atoms with Crippen molar-refractivity contribution in [2.24, 2.45) is 0 Å². The molecule has 2 unspecified atom stereocenters. The Morgan fingerprint density at radius 3 is 2.67 bits per heavy atom. The lowest BCUT2D eigenvalue weighted by atomic mass is 9.84. The third-order valence-electron chi connectivity index (χ3n) is 5.49. The van der Waals surface area contributed by atoms with Crippen molar-refractivity contribution in [2.75, 3.05) is 14.2 Å². The van der Waals surface area contributed by atoms with Crippen molar-refractivity contribution < 1.29 is 4.74 Å². The Bertz CT molecular complexity index is 655. The van der Waals surface area contributed by atoms with Gasteiger partial charge in [-0.2, -0.15) is 0 Å². The molecule has 2 aliphatic rings. The van der Waals surface area contributed by atoms with Crippen LogP contribution in [0.2, 0.25) is 0 Å². The second-order valence-corrected chi connectivity index (χ2v) is 6.51. The summed E-state index contributed by atoms with van der Waals surface area (Å²) in [4.78, 5) is 7.10. The third kappa shape index (κ3) is 2.11. The van der Waals surface area contributed by atoms with E-state index in [1.807, 2.05) is 12.3 Å². The molecule has 3 heteroatoms. The van der Waals surface area contributed by atoms with Crippen LogP contribution in [0.15, 0.2) is 30.5 Å². The Morgan fingerprint density at radius 1 is 1.19 bits per heavy atom. The van der Waals surface area contributed by atoms with E-state index >= 15 is 0 Å². The molecule has 0 N–H and O–H groups in total. The van der Waals surface area contributed by atoms with Gasteiger partial charge in [0.05, 0.1) is 12.6 Å². The first kappa shape index (κ1) is 13.1. The van der Waals surface area contributed by atoms with Crippen molar-refractivity contribution in [1.82, 2.24) is 9.88 Å². The van der Waals surface area contributed by atoms with Gasteiger partial charge in [0.2, 0.25) is 0 Å². The molecule has 3 nitrogen and oxygen atoms in total. The van der Waals surface area contributed by atoms with Gasteiger partial charge in [-0.15, -0.1) is 0 Å². The standard InChI is InChI=1S/C18H22N2O/c1-20-14-5-6-15(20)9-13(8-14)16-11-17-12(4-3-7-19-17)10-18(16)21-2/h3-4,7,10-11,13-15H,5-6,8-9H2,1-2H3. The highest BCUT2D eigenvalue weighted by molar-refractivity contribution is 5.81. The van der Waals surface area contributed by atoms with E-state index in [0.717, 1.165) is 28.7 Å². The lowest BCUT2D eigenvalue weighted by molar-refractivity contribution is 0.160. The molecule has 0 amide bonds. The van der Waals surface area contributed by atoms with Gasteiger partial charge in [0.1, 0.15) is 5.75 Å². The minimum Gasteiger partial charge on any atom is -0.496 e. The zero-order chi connectivity index (χ0) is 14.4. The van der Waals surface area contributed by atoms with Crippen molar-refractivity contribution in [3.05, 3.63) is 36.0 Å². The smallest absolute Gasteiger partial charge is 0.123 e. The molecule has 21 heavy (non-hydrogen) atoms. The monoisotopic (exact) mass is 282 g/mol. The number of methoxy groups -OCH3 is 1. The van der Waals surface area contributed by atoms with E-state index in [2.05, 4.69) is 35.1 Å². The van der Waals surface area contributed by atoms with E-state index in [9.17, 15) is 0 Å². The molecule has 2 aromatic rings. The Hall–Kier alpha value is -1.61. The number of ether oxygens (including phenoxy) is 1. The topological polar surface area (TPSA) is 25.4 Å². The molecule has 2 bridgehead atoms. The number of nitrogens with zero attached hydrogens (tertiary/aromatic N) is 2. The summed E-state index contributed by atoms with van der Waals surface area (Å²) in [7, 11) is 4.07. The normalized spacial score (nSPS) is 29.0. The number of aromatic nitrogens is 1. The highest BCUT2D eigenvalue weighted by Crippen LogP contribution is 2.45. The average molecular weight is 282 g/mol. The first-order valence-electron chi connectivity index (χ1n) is 7.91. The van der Waals surface area contributed by atoms with Crippen LogP contribution in [0, 0.1) is 0 Å². The Kier molecular flexibility index (Phi) is 3.11. The summed E-state index contributed by atoms with van der Waals surface area (Å²) in [5.41, 5.74) is 2.44. The number of hydrogen-bond acceptors (Lipinski definition) is 3. The highest BCUT2D eigenvalue weighted by atomic mass is 16.5. The molecule has 2 saturated heterocycles. The summed E-state index contributed by atoms with van der Waals surface area (Å²) < 4.78 is 5.68. The first-order valence-corrected chi connectivity index (χ1v) is 7.91. The van der Waals surface area contributed by atoms with Crippen molar-refractivity contribution in [3.63, 3.8) is 0 Å². The molecule has 2 atom stereocenters. The largest absolute Gasteiger partial charge is 0.496 e.